The van der Waals surface area contributed by atoms with Gasteiger partial charge >= 0.3 is 0 Å². The highest BCUT2D eigenvalue weighted by Crippen LogP contribution is 1.86. The predicted octanol–water partition coefficient (Wildman–Crippen LogP) is -1.26. The van der Waals surface area contributed by atoms with E-state index in [9.17, 15) is 0 Å². The number of rotatable bonds is 5. The molecule has 0 spiro atoms. The van der Waals surface area contributed by atoms with E-state index in [1.165, 1.54) is 0 Å². The van der Waals surface area contributed by atoms with Crippen LogP contribution in [0.2, 0.25) is 0 Å². The molecular formula is C6H14O4. The van der Waals surface area contributed by atoms with Gasteiger partial charge in [0.2, 0.25) is 0 Å². The Hall–Kier alpha value is -0.160. The maximum atomic E-state index is 8.71. The van der Waals surface area contributed by atoms with Crippen molar-refractivity contribution in [3.8, 4) is 0 Å². The Balaban J connectivity index is 3.03. The van der Waals surface area contributed by atoms with Gasteiger partial charge in [-0.15, -0.1) is 0 Å². The van der Waals surface area contributed by atoms with Crippen molar-refractivity contribution in [3.05, 3.63) is 0 Å². The fourth-order valence-electron chi connectivity index (χ4n) is 0.427. The highest BCUT2D eigenvalue weighted by atomic mass is 16.5. The molecule has 0 aliphatic heterocycles. The Morgan fingerprint density at radius 1 is 1.30 bits per heavy atom. The van der Waals surface area contributed by atoms with Crippen molar-refractivity contribution in [2.24, 2.45) is 0 Å². The quantitative estimate of drug-likeness (QED) is 0.457. The molecule has 0 radical (unpaired) electrons. The van der Waals surface area contributed by atoms with Crippen LogP contribution in [0.3, 0.4) is 0 Å². The SMILES string of the molecule is CC(O)COCC(O)CO. The number of aliphatic hydroxyl groups is 3. The summed E-state index contributed by atoms with van der Waals surface area (Å²) in [6.45, 7) is 1.55. The van der Waals surface area contributed by atoms with E-state index >= 15 is 0 Å². The van der Waals surface area contributed by atoms with Gasteiger partial charge in [0, 0.05) is 0 Å². The number of hydrogen-bond donors (Lipinski definition) is 3. The number of hydrogen-bond acceptors (Lipinski definition) is 4. The lowest BCUT2D eigenvalue weighted by Gasteiger charge is -2.08. The van der Waals surface area contributed by atoms with Crippen LogP contribution < -0.4 is 0 Å². The molecule has 4 nitrogen and oxygen atoms in total. The van der Waals surface area contributed by atoms with Crippen molar-refractivity contribution < 1.29 is 20.1 Å². The largest absolute Gasteiger partial charge is 0.394 e. The lowest BCUT2D eigenvalue weighted by atomic mass is 10.4. The van der Waals surface area contributed by atoms with Crippen molar-refractivity contribution in [3.63, 3.8) is 0 Å². The molecule has 0 aliphatic carbocycles. The number of aliphatic hydroxyl groups excluding tert-OH is 3. The normalized spacial score (nSPS) is 16.8. The molecule has 4 heteroatoms. The topological polar surface area (TPSA) is 69.9 Å². The Morgan fingerprint density at radius 2 is 1.90 bits per heavy atom. The molecule has 0 aliphatic rings. The second-order valence-electron chi connectivity index (χ2n) is 2.22. The zero-order valence-electron chi connectivity index (χ0n) is 6.03. The minimum atomic E-state index is -0.834. The molecule has 0 heterocycles. The maximum Gasteiger partial charge on any atom is 0.100 e. The summed E-state index contributed by atoms with van der Waals surface area (Å²) in [4.78, 5) is 0. The Morgan fingerprint density at radius 3 is 2.30 bits per heavy atom. The van der Waals surface area contributed by atoms with E-state index in [1.807, 2.05) is 0 Å². The molecule has 3 N–H and O–H groups in total. The van der Waals surface area contributed by atoms with Crippen LogP contribution in [0, 0.1) is 0 Å². The highest BCUT2D eigenvalue weighted by molar-refractivity contribution is 4.50. The zero-order chi connectivity index (χ0) is 7.98. The maximum absolute atomic E-state index is 8.71. The van der Waals surface area contributed by atoms with Gasteiger partial charge in [0.15, 0.2) is 0 Å². The van der Waals surface area contributed by atoms with E-state index < -0.39 is 12.2 Å². The number of ether oxygens (including phenoxy) is 1. The summed E-state index contributed by atoms with van der Waals surface area (Å²) in [7, 11) is 0. The van der Waals surface area contributed by atoms with E-state index in [-0.39, 0.29) is 19.8 Å². The average molecular weight is 150 g/mol. The standard InChI is InChI=1S/C6H14O4/c1-5(8)3-10-4-6(9)2-7/h5-9H,2-4H2,1H3. The van der Waals surface area contributed by atoms with E-state index in [1.54, 1.807) is 6.92 Å². The van der Waals surface area contributed by atoms with E-state index in [0.29, 0.717) is 0 Å². The smallest absolute Gasteiger partial charge is 0.100 e. The van der Waals surface area contributed by atoms with Crippen LogP contribution in [0.1, 0.15) is 6.92 Å². The lowest BCUT2D eigenvalue weighted by Crippen LogP contribution is -2.22. The van der Waals surface area contributed by atoms with Crippen molar-refractivity contribution in [1.82, 2.24) is 0 Å². The summed E-state index contributed by atoms with van der Waals surface area (Å²) in [6.07, 6.45) is -1.36. The van der Waals surface area contributed by atoms with Crippen molar-refractivity contribution >= 4 is 0 Å². The fraction of sp³-hybridized carbons (Fsp3) is 1.00. The first-order chi connectivity index (χ1) is 4.66. The molecule has 0 rings (SSSR count). The van der Waals surface area contributed by atoms with Crippen molar-refractivity contribution in [1.29, 1.82) is 0 Å². The van der Waals surface area contributed by atoms with Gasteiger partial charge in [-0.2, -0.15) is 0 Å². The molecule has 2 atom stereocenters. The monoisotopic (exact) mass is 150 g/mol. The van der Waals surface area contributed by atoms with Crippen LogP contribution in [-0.4, -0.2) is 47.3 Å². The third kappa shape index (κ3) is 5.97. The van der Waals surface area contributed by atoms with Crippen LogP contribution in [0.4, 0.5) is 0 Å². The fourth-order valence-corrected chi connectivity index (χ4v) is 0.427. The average Bonchev–Trinajstić information content (AvgIpc) is 1.87. The van der Waals surface area contributed by atoms with Gasteiger partial charge < -0.3 is 20.1 Å². The Bertz CT molecular complexity index is 74.1. The molecule has 62 valence electrons. The third-order valence-electron chi connectivity index (χ3n) is 0.880. The van der Waals surface area contributed by atoms with Gasteiger partial charge in [-0.3, -0.25) is 0 Å². The van der Waals surface area contributed by atoms with Gasteiger partial charge in [-0.1, -0.05) is 0 Å². The third-order valence-corrected chi connectivity index (χ3v) is 0.880. The Labute approximate surface area is 60.1 Å². The molecule has 0 amide bonds. The van der Waals surface area contributed by atoms with Crippen LogP contribution in [0.25, 0.3) is 0 Å². The molecule has 0 fully saturated rings. The summed E-state index contributed by atoms with van der Waals surface area (Å²) in [5.41, 5.74) is 0. The molecule has 0 aromatic heterocycles. The van der Waals surface area contributed by atoms with Gasteiger partial charge in [-0.25, -0.2) is 0 Å². The highest BCUT2D eigenvalue weighted by Gasteiger charge is 2.02. The van der Waals surface area contributed by atoms with Crippen LogP contribution >= 0.6 is 0 Å². The van der Waals surface area contributed by atoms with E-state index in [2.05, 4.69) is 0 Å². The van der Waals surface area contributed by atoms with Crippen LogP contribution in [-0.2, 0) is 4.74 Å². The van der Waals surface area contributed by atoms with Gasteiger partial charge in [0.1, 0.15) is 6.10 Å². The molecule has 0 saturated heterocycles. The van der Waals surface area contributed by atoms with Crippen LogP contribution in [0.15, 0.2) is 0 Å². The first-order valence-corrected chi connectivity index (χ1v) is 3.21. The van der Waals surface area contributed by atoms with Crippen molar-refractivity contribution in [2.75, 3.05) is 19.8 Å². The zero-order valence-corrected chi connectivity index (χ0v) is 6.03. The van der Waals surface area contributed by atoms with Crippen LogP contribution in [0.5, 0.6) is 0 Å². The summed E-state index contributed by atoms with van der Waals surface area (Å²) in [6, 6.07) is 0. The first-order valence-electron chi connectivity index (χ1n) is 3.21. The van der Waals surface area contributed by atoms with Gasteiger partial charge in [0.05, 0.1) is 25.9 Å². The van der Waals surface area contributed by atoms with Gasteiger partial charge in [0.25, 0.3) is 0 Å². The summed E-state index contributed by atoms with van der Waals surface area (Å²) < 4.78 is 4.79. The summed E-state index contributed by atoms with van der Waals surface area (Å²) >= 11 is 0. The molecule has 0 aromatic carbocycles. The molecule has 0 aromatic rings. The predicted molar refractivity (Wildman–Crippen MR) is 35.6 cm³/mol. The van der Waals surface area contributed by atoms with E-state index in [4.69, 9.17) is 20.1 Å². The molecule has 2 unspecified atom stereocenters. The lowest BCUT2D eigenvalue weighted by molar-refractivity contribution is -0.0201. The molecule has 0 bridgehead atoms. The van der Waals surface area contributed by atoms with E-state index in [0.717, 1.165) is 0 Å². The second kappa shape index (κ2) is 5.61. The second-order valence-corrected chi connectivity index (χ2v) is 2.22. The molecular weight excluding hydrogens is 136 g/mol. The Kier molecular flexibility index (Phi) is 5.52. The minimum Gasteiger partial charge on any atom is -0.394 e. The first kappa shape index (κ1) is 9.84. The summed E-state index contributed by atoms with van der Waals surface area (Å²) in [5.74, 6) is 0. The van der Waals surface area contributed by atoms with Crippen molar-refractivity contribution in [2.45, 2.75) is 19.1 Å². The molecule has 0 saturated carbocycles. The van der Waals surface area contributed by atoms with Gasteiger partial charge in [-0.05, 0) is 6.92 Å². The molecule has 10 heavy (non-hydrogen) atoms. The minimum absolute atomic E-state index is 0.0708. The summed E-state index contributed by atoms with van der Waals surface area (Å²) in [5, 5.41) is 25.7.